The number of carbonyl (C=O) groups is 4. The summed E-state index contributed by atoms with van der Waals surface area (Å²) in [6.07, 6.45) is 6.76. The van der Waals surface area contributed by atoms with E-state index in [-0.39, 0.29) is 29.3 Å². The van der Waals surface area contributed by atoms with Crippen molar-refractivity contribution in [3.8, 4) is 22.8 Å². The third-order valence-electron chi connectivity index (χ3n) is 7.72. The summed E-state index contributed by atoms with van der Waals surface area (Å²) in [7, 11) is 2.79. The quantitative estimate of drug-likeness (QED) is 0.244. The average Bonchev–Trinajstić information content (AvgIpc) is 3.49. The number of methoxy groups -OCH3 is 2. The third kappa shape index (κ3) is 6.56. The summed E-state index contributed by atoms with van der Waals surface area (Å²) in [5, 5.41) is 0. The molecule has 0 aliphatic carbocycles. The van der Waals surface area contributed by atoms with Crippen LogP contribution in [0.1, 0.15) is 95.4 Å². The van der Waals surface area contributed by atoms with Gasteiger partial charge < -0.3 is 23.4 Å². The second-order valence-corrected chi connectivity index (χ2v) is 10.7. The number of hydrogen-bond donors (Lipinski definition) is 0. The van der Waals surface area contributed by atoms with E-state index in [0.717, 1.165) is 5.56 Å². The van der Waals surface area contributed by atoms with Crippen LogP contribution in [0.3, 0.4) is 0 Å². The van der Waals surface area contributed by atoms with Crippen LogP contribution >= 0.6 is 0 Å². The lowest BCUT2D eigenvalue weighted by Crippen LogP contribution is -2.24. The van der Waals surface area contributed by atoms with E-state index < -0.39 is 29.9 Å². The highest BCUT2D eigenvalue weighted by atomic mass is 16.6. The van der Waals surface area contributed by atoms with E-state index in [4.69, 9.17) is 23.4 Å². The van der Waals surface area contributed by atoms with Crippen LogP contribution in [0.5, 0.6) is 11.5 Å². The van der Waals surface area contributed by atoms with Gasteiger partial charge in [-0.15, -0.1) is 0 Å². The molecular weight excluding hydrogens is 552 g/mol. The largest absolute Gasteiger partial charge is 0.495 e. The fraction of sp³-hybridized carbons (Fsp3) is 0.353. The van der Waals surface area contributed by atoms with Gasteiger partial charge >= 0.3 is 17.9 Å². The first-order valence-electron chi connectivity index (χ1n) is 14.4. The Morgan fingerprint density at radius 3 is 2.49 bits per heavy atom. The number of ketones is 1. The smallest absolute Gasteiger partial charge is 0.342 e. The van der Waals surface area contributed by atoms with Gasteiger partial charge in [0.2, 0.25) is 0 Å². The molecule has 0 fully saturated rings. The molecule has 9 nitrogen and oxygen atoms in total. The van der Waals surface area contributed by atoms with Crippen molar-refractivity contribution in [1.29, 1.82) is 0 Å². The minimum absolute atomic E-state index is 0.0221. The van der Waals surface area contributed by atoms with Crippen molar-refractivity contribution in [2.45, 2.75) is 63.9 Å². The van der Waals surface area contributed by atoms with E-state index in [1.165, 1.54) is 14.2 Å². The molecule has 1 aromatic heterocycles. The van der Waals surface area contributed by atoms with Crippen molar-refractivity contribution in [2.24, 2.45) is 0 Å². The number of cyclic esters (lactones) is 1. The summed E-state index contributed by atoms with van der Waals surface area (Å²) in [5.41, 5.74) is 2.41. The summed E-state index contributed by atoms with van der Waals surface area (Å²) in [5.74, 6) is -0.257. The normalized spacial score (nSPS) is 19.4. The maximum absolute atomic E-state index is 13.6. The van der Waals surface area contributed by atoms with Crippen molar-refractivity contribution in [1.82, 2.24) is 0 Å². The molecule has 0 radical (unpaired) electrons. The molecule has 2 aliphatic heterocycles. The molecule has 0 bridgehead atoms. The van der Waals surface area contributed by atoms with E-state index in [1.807, 2.05) is 6.08 Å². The Labute approximate surface area is 249 Å². The highest BCUT2D eigenvalue weighted by molar-refractivity contribution is 5.99. The lowest BCUT2D eigenvalue weighted by molar-refractivity contribution is -0.135. The maximum atomic E-state index is 13.6. The van der Waals surface area contributed by atoms with Crippen molar-refractivity contribution in [3.05, 3.63) is 76.6 Å². The summed E-state index contributed by atoms with van der Waals surface area (Å²) in [4.78, 5) is 50.4. The number of allylic oxidation sites excluding steroid dienone is 1. The lowest BCUT2D eigenvalue weighted by atomic mass is 9.86. The molecule has 0 saturated heterocycles. The van der Waals surface area contributed by atoms with Gasteiger partial charge in [-0.25, -0.2) is 9.59 Å². The molecule has 3 heterocycles. The molecule has 0 spiro atoms. The van der Waals surface area contributed by atoms with E-state index in [1.54, 1.807) is 55.5 Å². The molecule has 2 atom stereocenters. The molecule has 9 heteroatoms. The fourth-order valence-corrected chi connectivity index (χ4v) is 5.54. The van der Waals surface area contributed by atoms with Crippen molar-refractivity contribution >= 4 is 29.8 Å². The molecule has 0 amide bonds. The fourth-order valence-electron chi connectivity index (χ4n) is 5.54. The molecule has 2 aliphatic rings. The van der Waals surface area contributed by atoms with Gasteiger partial charge in [-0.1, -0.05) is 24.3 Å². The number of esters is 3. The third-order valence-corrected chi connectivity index (χ3v) is 7.72. The van der Waals surface area contributed by atoms with Crippen molar-refractivity contribution in [3.63, 3.8) is 0 Å². The zero-order chi connectivity index (χ0) is 30.5. The first-order valence-corrected chi connectivity index (χ1v) is 14.4. The molecule has 224 valence electrons. The Kier molecular flexibility index (Phi) is 9.09. The SMILES string of the molecule is COC(=O)c1ccc(-c2ccc(C3CC(=O)Oc4cc5c(c(OC)c43)C(=O)O[C@@H](C)CCCC(=O)CCCC=C5)o2)cc1. The number of benzene rings is 2. The van der Waals surface area contributed by atoms with Crippen LogP contribution in [-0.4, -0.2) is 44.0 Å². The van der Waals surface area contributed by atoms with Gasteiger partial charge in [0.05, 0.1) is 38.2 Å². The van der Waals surface area contributed by atoms with Gasteiger partial charge in [0.1, 0.15) is 34.4 Å². The number of fused-ring (bicyclic) bond motifs is 2. The van der Waals surface area contributed by atoms with E-state index in [2.05, 4.69) is 0 Å². The second kappa shape index (κ2) is 13.1. The Balaban J connectivity index is 1.56. The van der Waals surface area contributed by atoms with Crippen molar-refractivity contribution < 1.29 is 42.5 Å². The number of rotatable bonds is 4. The van der Waals surface area contributed by atoms with Crippen LogP contribution < -0.4 is 9.47 Å². The zero-order valence-electron chi connectivity index (χ0n) is 24.5. The average molecular weight is 587 g/mol. The first-order chi connectivity index (χ1) is 20.8. The van der Waals surface area contributed by atoms with Crippen LogP contribution in [0, 0.1) is 0 Å². The molecule has 1 unspecified atom stereocenters. The number of carbonyl (C=O) groups excluding carboxylic acids is 4. The molecule has 5 rings (SSSR count). The number of ether oxygens (including phenoxy) is 4. The van der Waals surface area contributed by atoms with Crippen LogP contribution in [0.25, 0.3) is 17.4 Å². The molecular formula is C34H34O9. The monoisotopic (exact) mass is 586 g/mol. The van der Waals surface area contributed by atoms with E-state index in [0.29, 0.717) is 66.7 Å². The van der Waals surface area contributed by atoms with Gasteiger partial charge in [0.25, 0.3) is 0 Å². The van der Waals surface area contributed by atoms with E-state index >= 15 is 0 Å². The summed E-state index contributed by atoms with van der Waals surface area (Å²) < 4.78 is 28.4. The minimum atomic E-state index is -0.590. The second-order valence-electron chi connectivity index (χ2n) is 10.7. The predicted molar refractivity (Wildman–Crippen MR) is 157 cm³/mol. The topological polar surface area (TPSA) is 118 Å². The first kappa shape index (κ1) is 29.8. The van der Waals surface area contributed by atoms with Crippen LogP contribution in [0.2, 0.25) is 0 Å². The molecule has 0 N–H and O–H groups in total. The maximum Gasteiger partial charge on any atom is 0.342 e. The standard InChI is InChI=1S/C34H34O9/c1-20-8-7-11-24(35)10-6-4-5-9-23-18-28-31(32(39-2)30(23)34(38)41-20)25(19-29(36)43-28)27-17-16-26(42-27)21-12-14-22(15-13-21)33(37)40-3/h5,9,12-18,20,25H,4,6-8,10-11,19H2,1-3H3/t20-,25?/m0/s1. The van der Waals surface area contributed by atoms with Gasteiger partial charge in [0, 0.05) is 24.0 Å². The Bertz CT molecular complexity index is 1560. The van der Waals surface area contributed by atoms with Crippen LogP contribution in [0.15, 0.2) is 53.0 Å². The van der Waals surface area contributed by atoms with Gasteiger partial charge in [0.15, 0.2) is 0 Å². The highest BCUT2D eigenvalue weighted by Crippen LogP contribution is 2.48. The van der Waals surface area contributed by atoms with Crippen LogP contribution in [0.4, 0.5) is 0 Å². The highest BCUT2D eigenvalue weighted by Gasteiger charge is 2.37. The summed E-state index contributed by atoms with van der Waals surface area (Å²) in [6.45, 7) is 1.81. The number of hydrogen-bond acceptors (Lipinski definition) is 9. The number of furan rings is 1. The van der Waals surface area contributed by atoms with E-state index in [9.17, 15) is 19.2 Å². The zero-order valence-corrected chi connectivity index (χ0v) is 24.5. The molecule has 2 aromatic carbocycles. The molecule has 0 saturated carbocycles. The van der Waals surface area contributed by atoms with Gasteiger partial charge in [-0.3, -0.25) is 9.59 Å². The van der Waals surface area contributed by atoms with Crippen molar-refractivity contribution in [2.75, 3.05) is 14.2 Å². The summed E-state index contributed by atoms with van der Waals surface area (Å²) in [6, 6.07) is 12.0. The Hall–Kier alpha value is -4.66. The summed E-state index contributed by atoms with van der Waals surface area (Å²) >= 11 is 0. The van der Waals surface area contributed by atoms with Gasteiger partial charge in [-0.2, -0.15) is 0 Å². The van der Waals surface area contributed by atoms with Gasteiger partial charge in [-0.05, 0) is 68.5 Å². The molecule has 43 heavy (non-hydrogen) atoms. The number of Topliss-reactive ketones (excluding diaryl/α,β-unsaturated/α-hetero) is 1. The molecule has 3 aromatic rings. The minimum Gasteiger partial charge on any atom is -0.495 e. The van der Waals surface area contributed by atoms with Crippen LogP contribution in [-0.2, 0) is 19.1 Å². The predicted octanol–water partition coefficient (Wildman–Crippen LogP) is 6.66. The Morgan fingerprint density at radius 1 is 0.977 bits per heavy atom. The lowest BCUT2D eigenvalue weighted by Gasteiger charge is -2.27. The Morgan fingerprint density at radius 2 is 1.74 bits per heavy atom.